The largest absolute Gasteiger partial charge is 0.493 e. The first-order valence-electron chi connectivity index (χ1n) is 15.6. The molecule has 2 aromatic carbocycles. The Morgan fingerprint density at radius 1 is 1.13 bits per heavy atom. The van der Waals surface area contributed by atoms with Gasteiger partial charge in [0.2, 0.25) is 11.9 Å². The van der Waals surface area contributed by atoms with Gasteiger partial charge < -0.3 is 33.5 Å². The molecule has 2 aliphatic heterocycles. The van der Waals surface area contributed by atoms with Crippen LogP contribution in [0.5, 0.6) is 11.5 Å². The summed E-state index contributed by atoms with van der Waals surface area (Å²) < 4.78 is 34.6. The van der Waals surface area contributed by atoms with Crippen molar-refractivity contribution < 1.29 is 47.9 Å². The molecule has 0 amide bonds. The summed E-state index contributed by atoms with van der Waals surface area (Å²) >= 11 is 0. The summed E-state index contributed by atoms with van der Waals surface area (Å²) in [7, 11) is 1.59. The highest BCUT2D eigenvalue weighted by atomic mass is 16.8. The number of methoxy groups -OCH3 is 1. The molecule has 1 saturated heterocycles. The van der Waals surface area contributed by atoms with Gasteiger partial charge in [0.05, 0.1) is 19.1 Å². The van der Waals surface area contributed by atoms with E-state index in [0.29, 0.717) is 23.5 Å². The van der Waals surface area contributed by atoms with Crippen LogP contribution >= 0.6 is 0 Å². The second-order valence-electron chi connectivity index (χ2n) is 13.0. The minimum atomic E-state index is -1.43. The van der Waals surface area contributed by atoms with Crippen molar-refractivity contribution in [2.24, 2.45) is 11.8 Å². The molecule has 45 heavy (non-hydrogen) atoms. The molecule has 6 bridgehead atoms. The monoisotopic (exact) mass is 620 g/mol. The molecule has 0 aromatic heterocycles. The van der Waals surface area contributed by atoms with E-state index in [2.05, 4.69) is 13.0 Å². The van der Waals surface area contributed by atoms with E-state index in [1.807, 2.05) is 6.07 Å². The number of carbonyl (C=O) groups is 3. The van der Waals surface area contributed by atoms with Crippen molar-refractivity contribution in [2.45, 2.75) is 95.4 Å². The number of fused-ring (bicyclic) bond motifs is 4. The summed E-state index contributed by atoms with van der Waals surface area (Å²) in [4.78, 5) is 39.0. The Kier molecular flexibility index (Phi) is 8.39. The molecular weight excluding hydrogens is 580 g/mol. The van der Waals surface area contributed by atoms with Crippen molar-refractivity contribution >= 4 is 17.9 Å². The maximum atomic E-state index is 13.8. The summed E-state index contributed by atoms with van der Waals surface area (Å²) in [5.41, 5.74) is 1.51. The first-order valence-corrected chi connectivity index (χ1v) is 15.6. The molecule has 2 heterocycles. The summed E-state index contributed by atoms with van der Waals surface area (Å²) in [5.74, 6) is -1.84. The smallest absolute Gasteiger partial charge is 0.357 e. The molecule has 1 N–H and O–H groups in total. The molecule has 0 radical (unpaired) electrons. The average Bonchev–Trinajstić information content (AvgIpc) is 3.26. The van der Waals surface area contributed by atoms with Gasteiger partial charge in [-0.15, -0.1) is 0 Å². The second kappa shape index (κ2) is 12.1. The van der Waals surface area contributed by atoms with Gasteiger partial charge in [0.1, 0.15) is 5.76 Å². The van der Waals surface area contributed by atoms with Crippen LogP contribution in [0.2, 0.25) is 0 Å². The van der Waals surface area contributed by atoms with E-state index in [-0.39, 0.29) is 30.4 Å². The number of hydrogen-bond donors (Lipinski definition) is 1. The first-order chi connectivity index (χ1) is 21.5. The lowest BCUT2D eigenvalue weighted by Crippen LogP contribution is -2.48. The quantitative estimate of drug-likeness (QED) is 0.338. The molecule has 2 aliphatic carbocycles. The van der Waals surface area contributed by atoms with Gasteiger partial charge in [-0.05, 0) is 55.2 Å². The number of rotatable bonds is 7. The number of ether oxygens (including phenoxy) is 6. The number of hydrogen-bond acceptors (Lipinski definition) is 10. The van der Waals surface area contributed by atoms with Crippen molar-refractivity contribution in [2.75, 3.05) is 7.11 Å². The molecule has 240 valence electrons. The van der Waals surface area contributed by atoms with Crippen molar-refractivity contribution in [3.05, 3.63) is 71.0 Å². The van der Waals surface area contributed by atoms with Gasteiger partial charge in [-0.3, -0.25) is 4.79 Å². The third kappa shape index (κ3) is 6.31. The fourth-order valence-electron chi connectivity index (χ4n) is 7.16. The van der Waals surface area contributed by atoms with Crippen LogP contribution in [0.25, 0.3) is 0 Å². The fraction of sp³-hybridized carbons (Fsp3) is 0.514. The molecule has 1 fully saturated rings. The van der Waals surface area contributed by atoms with Crippen LogP contribution in [-0.2, 0) is 46.2 Å². The lowest BCUT2D eigenvalue weighted by molar-refractivity contribution is -0.171. The third-order valence-corrected chi connectivity index (χ3v) is 9.39. The predicted octanol–water partition coefficient (Wildman–Crippen LogP) is 4.89. The molecular formula is C35H40O10. The van der Waals surface area contributed by atoms with E-state index in [9.17, 15) is 19.5 Å². The van der Waals surface area contributed by atoms with Crippen LogP contribution in [0.1, 0.15) is 75.7 Å². The molecule has 10 nitrogen and oxygen atoms in total. The maximum absolute atomic E-state index is 13.8. The van der Waals surface area contributed by atoms with E-state index >= 15 is 0 Å². The lowest BCUT2D eigenvalue weighted by atomic mass is 9.67. The van der Waals surface area contributed by atoms with E-state index < -0.39 is 54.0 Å². The van der Waals surface area contributed by atoms with Crippen LogP contribution in [0.4, 0.5) is 0 Å². The Bertz CT molecular complexity index is 1500. The van der Waals surface area contributed by atoms with Gasteiger partial charge in [0.15, 0.2) is 23.7 Å². The van der Waals surface area contributed by atoms with Crippen molar-refractivity contribution in [3.63, 3.8) is 0 Å². The summed E-state index contributed by atoms with van der Waals surface area (Å²) in [6.45, 7) is 5.34. The van der Waals surface area contributed by atoms with Crippen LogP contribution in [0, 0.1) is 11.8 Å². The van der Waals surface area contributed by atoms with Crippen LogP contribution in [0.15, 0.2) is 54.3 Å². The number of cyclic esters (lactones) is 1. The molecule has 1 unspecified atom stereocenters. The average molecular weight is 621 g/mol. The molecule has 0 spiro atoms. The van der Waals surface area contributed by atoms with Gasteiger partial charge in [-0.25, -0.2) is 9.59 Å². The third-order valence-electron chi connectivity index (χ3n) is 9.39. The zero-order valence-electron chi connectivity index (χ0n) is 26.1. The molecule has 6 rings (SSSR count). The zero-order valence-corrected chi connectivity index (χ0v) is 26.1. The highest BCUT2D eigenvalue weighted by molar-refractivity contribution is 5.85. The van der Waals surface area contributed by atoms with Crippen molar-refractivity contribution in [1.82, 2.24) is 0 Å². The minimum Gasteiger partial charge on any atom is -0.493 e. The Hall–Kier alpha value is -3.89. The van der Waals surface area contributed by atoms with Gasteiger partial charge in [-0.2, -0.15) is 0 Å². The fourth-order valence-corrected chi connectivity index (χ4v) is 7.16. The van der Waals surface area contributed by atoms with Gasteiger partial charge >= 0.3 is 17.9 Å². The van der Waals surface area contributed by atoms with Crippen LogP contribution < -0.4 is 9.47 Å². The zero-order chi connectivity index (χ0) is 31.9. The number of aliphatic hydroxyl groups is 1. The van der Waals surface area contributed by atoms with Crippen molar-refractivity contribution in [3.8, 4) is 11.5 Å². The van der Waals surface area contributed by atoms with Gasteiger partial charge in [0.25, 0.3) is 0 Å². The van der Waals surface area contributed by atoms with Gasteiger partial charge in [-0.1, -0.05) is 49.7 Å². The van der Waals surface area contributed by atoms with E-state index in [1.54, 1.807) is 57.4 Å². The summed E-state index contributed by atoms with van der Waals surface area (Å²) in [6, 6.07) is 12.5. The number of esters is 3. The summed E-state index contributed by atoms with van der Waals surface area (Å²) in [5, 5.41) is 12.1. The van der Waals surface area contributed by atoms with Crippen LogP contribution in [0.3, 0.4) is 0 Å². The lowest BCUT2D eigenvalue weighted by Gasteiger charge is -2.43. The maximum Gasteiger partial charge on any atom is 0.357 e. The standard InChI is InChI=1S/C35H40O10/c1-20-9-8-12-23-22-13-14-26(40-4)31(23)41-28-19-35(39,24(20)17-22)16-15-25(28)42-33(38)30(21-10-6-5-7-11-21)43-29(36)18-27-32(37)45-34(2,3)44-27/h5-7,10-11,13-15,20,24,27-28,30,39H,8-9,12,16-19H2,1-4H3/t20?,24-,27-,28+,30-,35-/m0/s1. The molecule has 0 saturated carbocycles. The summed E-state index contributed by atoms with van der Waals surface area (Å²) in [6.07, 6.45) is 1.87. The SMILES string of the molecule is COc1ccc2c3c1O[C@@H]1C[C@@](O)(CC=C1OC(=O)[C@@H](OC(=O)C[C@@H]1OC(C)(C)OC1=O)c1ccccc1)[C@@H](C2)C(C)CCC3. The Morgan fingerprint density at radius 3 is 2.62 bits per heavy atom. The van der Waals surface area contributed by atoms with Crippen molar-refractivity contribution in [1.29, 1.82) is 0 Å². The van der Waals surface area contributed by atoms with E-state index in [1.165, 1.54) is 0 Å². The molecule has 10 heteroatoms. The molecule has 6 atom stereocenters. The van der Waals surface area contributed by atoms with E-state index in [4.69, 9.17) is 28.4 Å². The number of benzene rings is 2. The van der Waals surface area contributed by atoms with E-state index in [0.717, 1.165) is 30.4 Å². The topological polar surface area (TPSA) is 127 Å². The predicted molar refractivity (Wildman–Crippen MR) is 160 cm³/mol. The highest BCUT2D eigenvalue weighted by Crippen LogP contribution is 2.48. The molecule has 2 aromatic rings. The Morgan fingerprint density at radius 2 is 1.91 bits per heavy atom. The Labute approximate surface area is 262 Å². The van der Waals surface area contributed by atoms with Gasteiger partial charge in [0, 0.05) is 31.4 Å². The van der Waals surface area contributed by atoms with Crippen LogP contribution in [-0.4, -0.2) is 53.7 Å². The molecule has 4 aliphatic rings. The second-order valence-corrected chi connectivity index (χ2v) is 13.0. The minimum absolute atomic E-state index is 0.0250. The highest BCUT2D eigenvalue weighted by Gasteiger charge is 2.48. The Balaban J connectivity index is 1.28. The first kappa shape index (κ1) is 31.1. The normalized spacial score (nSPS) is 28.9. The number of carbonyl (C=O) groups excluding carboxylic acids is 3.